The van der Waals surface area contributed by atoms with Crippen molar-refractivity contribution in [2.75, 3.05) is 18.5 Å². The first-order valence-corrected chi connectivity index (χ1v) is 10.0. The number of nitrogens with one attached hydrogen (secondary N) is 1. The third kappa shape index (κ3) is 6.50. The maximum Gasteiger partial charge on any atom is 0.344 e. The molecule has 0 saturated heterocycles. The molecule has 0 aliphatic carbocycles. The minimum Gasteiger partial charge on any atom is -0.482 e. The molecule has 156 valence electrons. The van der Waals surface area contributed by atoms with Crippen molar-refractivity contribution in [3.8, 4) is 5.75 Å². The van der Waals surface area contributed by atoms with Crippen LogP contribution in [-0.4, -0.2) is 25.1 Å². The van der Waals surface area contributed by atoms with Crippen molar-refractivity contribution in [3.63, 3.8) is 0 Å². The quantitative estimate of drug-likeness (QED) is 0.579. The number of benzene rings is 2. The number of hydrogen-bond acceptors (Lipinski definition) is 4. The predicted molar refractivity (Wildman–Crippen MR) is 116 cm³/mol. The van der Waals surface area contributed by atoms with Crippen LogP contribution in [0.25, 0.3) is 0 Å². The lowest BCUT2D eigenvalue weighted by Crippen LogP contribution is -2.24. The number of aryl methyl sites for hydroxylation is 1. The minimum atomic E-state index is -0.617. The zero-order valence-corrected chi connectivity index (χ0v) is 18.3. The van der Waals surface area contributed by atoms with Crippen molar-refractivity contribution in [3.05, 3.63) is 58.1 Å². The van der Waals surface area contributed by atoms with E-state index in [1.165, 1.54) is 0 Å². The standard InChI is InChI=1S/C23H28ClNO4/c1-14(2)18-7-6-8-19(15(3)4)23(18)25-21(26)12-29-22(27)13-28-17-9-10-20(24)16(5)11-17/h6-11,14-15H,12-13H2,1-5H3,(H,25,26). The smallest absolute Gasteiger partial charge is 0.344 e. The molecule has 0 bridgehead atoms. The van der Waals surface area contributed by atoms with Crippen LogP contribution >= 0.6 is 11.6 Å². The number of hydrogen-bond donors (Lipinski definition) is 1. The van der Waals surface area contributed by atoms with E-state index in [4.69, 9.17) is 21.1 Å². The summed E-state index contributed by atoms with van der Waals surface area (Å²) in [7, 11) is 0. The van der Waals surface area contributed by atoms with Gasteiger partial charge in [-0.3, -0.25) is 4.79 Å². The van der Waals surface area contributed by atoms with Gasteiger partial charge in [-0.25, -0.2) is 4.79 Å². The lowest BCUT2D eigenvalue weighted by atomic mass is 9.92. The molecule has 2 rings (SSSR count). The summed E-state index contributed by atoms with van der Waals surface area (Å²) < 4.78 is 10.4. The van der Waals surface area contributed by atoms with E-state index in [0.29, 0.717) is 10.8 Å². The summed E-state index contributed by atoms with van der Waals surface area (Å²) in [5, 5.41) is 3.54. The van der Waals surface area contributed by atoms with Crippen LogP contribution in [0.3, 0.4) is 0 Å². The summed E-state index contributed by atoms with van der Waals surface area (Å²) in [5.74, 6) is 0.0240. The summed E-state index contributed by atoms with van der Waals surface area (Å²) in [6.07, 6.45) is 0. The van der Waals surface area contributed by atoms with Gasteiger partial charge in [0, 0.05) is 10.7 Å². The van der Waals surface area contributed by atoms with Gasteiger partial charge in [0.15, 0.2) is 13.2 Å². The minimum absolute atomic E-state index is 0.253. The van der Waals surface area contributed by atoms with Gasteiger partial charge in [0.1, 0.15) is 5.75 Å². The van der Waals surface area contributed by atoms with Gasteiger partial charge in [-0.05, 0) is 53.6 Å². The monoisotopic (exact) mass is 417 g/mol. The van der Waals surface area contributed by atoms with Gasteiger partial charge in [0.25, 0.3) is 5.91 Å². The van der Waals surface area contributed by atoms with E-state index in [1.807, 2.05) is 25.1 Å². The van der Waals surface area contributed by atoms with Gasteiger partial charge in [0.2, 0.25) is 0 Å². The second-order valence-corrected chi connectivity index (χ2v) is 7.94. The molecule has 0 saturated carbocycles. The highest BCUT2D eigenvalue weighted by Crippen LogP contribution is 2.32. The van der Waals surface area contributed by atoms with E-state index < -0.39 is 5.97 Å². The topological polar surface area (TPSA) is 64.6 Å². The van der Waals surface area contributed by atoms with Gasteiger partial charge in [-0.2, -0.15) is 0 Å². The van der Waals surface area contributed by atoms with Crippen molar-refractivity contribution >= 4 is 29.2 Å². The molecule has 29 heavy (non-hydrogen) atoms. The molecule has 2 aromatic rings. The lowest BCUT2D eigenvalue weighted by molar-refractivity contribution is -0.149. The Hall–Kier alpha value is -2.53. The van der Waals surface area contributed by atoms with Crippen LogP contribution in [0.15, 0.2) is 36.4 Å². The molecular weight excluding hydrogens is 390 g/mol. The summed E-state index contributed by atoms with van der Waals surface area (Å²) >= 11 is 5.96. The summed E-state index contributed by atoms with van der Waals surface area (Å²) in [6.45, 7) is 9.49. The molecular formula is C23H28ClNO4. The molecule has 0 atom stereocenters. The molecule has 0 aliphatic heterocycles. The van der Waals surface area contributed by atoms with E-state index >= 15 is 0 Å². The number of ether oxygens (including phenoxy) is 2. The largest absolute Gasteiger partial charge is 0.482 e. The molecule has 1 amide bonds. The highest BCUT2D eigenvalue weighted by Gasteiger charge is 2.17. The van der Waals surface area contributed by atoms with Crippen LogP contribution in [0.5, 0.6) is 5.75 Å². The SMILES string of the molecule is Cc1cc(OCC(=O)OCC(=O)Nc2c(C(C)C)cccc2C(C)C)ccc1Cl. The molecule has 6 heteroatoms. The van der Waals surface area contributed by atoms with E-state index in [9.17, 15) is 9.59 Å². The zero-order chi connectivity index (χ0) is 21.6. The van der Waals surface area contributed by atoms with Crippen LogP contribution in [-0.2, 0) is 14.3 Å². The first kappa shape index (κ1) is 22.8. The summed E-state index contributed by atoms with van der Waals surface area (Å²) in [5.41, 5.74) is 3.75. The maximum absolute atomic E-state index is 12.4. The van der Waals surface area contributed by atoms with E-state index in [-0.39, 0.29) is 31.0 Å². The van der Waals surface area contributed by atoms with Crippen LogP contribution in [0.1, 0.15) is 56.2 Å². The lowest BCUT2D eigenvalue weighted by Gasteiger charge is -2.20. The first-order chi connectivity index (χ1) is 13.7. The molecule has 0 aromatic heterocycles. The van der Waals surface area contributed by atoms with Crippen LogP contribution in [0, 0.1) is 6.92 Å². The first-order valence-electron chi connectivity index (χ1n) is 9.66. The van der Waals surface area contributed by atoms with E-state index in [1.54, 1.807) is 18.2 Å². The molecule has 0 unspecified atom stereocenters. The second kappa shape index (κ2) is 10.3. The predicted octanol–water partition coefficient (Wildman–Crippen LogP) is 5.46. The number of carbonyl (C=O) groups is 2. The Morgan fingerprint density at radius 3 is 2.17 bits per heavy atom. The van der Waals surface area contributed by atoms with E-state index in [0.717, 1.165) is 22.4 Å². The third-order valence-electron chi connectivity index (χ3n) is 4.49. The third-order valence-corrected chi connectivity index (χ3v) is 4.91. The van der Waals surface area contributed by atoms with Gasteiger partial charge in [-0.1, -0.05) is 57.5 Å². The summed E-state index contributed by atoms with van der Waals surface area (Å²) in [6, 6.07) is 11.1. The Bertz CT molecular complexity index is 851. The maximum atomic E-state index is 12.4. The van der Waals surface area contributed by atoms with Crippen LogP contribution < -0.4 is 10.1 Å². The number of carbonyl (C=O) groups excluding carboxylic acids is 2. The van der Waals surface area contributed by atoms with Crippen LogP contribution in [0.4, 0.5) is 5.69 Å². The Kier molecular flexibility index (Phi) is 8.09. The van der Waals surface area contributed by atoms with Crippen molar-refractivity contribution < 1.29 is 19.1 Å². The molecule has 0 fully saturated rings. The Balaban J connectivity index is 1.92. The number of anilines is 1. The fourth-order valence-corrected chi connectivity index (χ4v) is 3.03. The fourth-order valence-electron chi connectivity index (χ4n) is 2.91. The number of para-hydroxylation sites is 1. The fraction of sp³-hybridized carbons (Fsp3) is 0.391. The van der Waals surface area contributed by atoms with Gasteiger partial charge in [-0.15, -0.1) is 0 Å². The van der Waals surface area contributed by atoms with Crippen molar-refractivity contribution in [1.29, 1.82) is 0 Å². The summed E-state index contributed by atoms with van der Waals surface area (Å²) in [4.78, 5) is 24.3. The number of esters is 1. The Morgan fingerprint density at radius 1 is 1.00 bits per heavy atom. The number of amides is 1. The molecule has 0 spiro atoms. The highest BCUT2D eigenvalue weighted by molar-refractivity contribution is 6.31. The number of rotatable bonds is 8. The Morgan fingerprint density at radius 2 is 1.62 bits per heavy atom. The van der Waals surface area contributed by atoms with Crippen molar-refractivity contribution in [2.45, 2.75) is 46.5 Å². The highest BCUT2D eigenvalue weighted by atomic mass is 35.5. The molecule has 5 nitrogen and oxygen atoms in total. The molecule has 2 aromatic carbocycles. The second-order valence-electron chi connectivity index (χ2n) is 7.53. The average Bonchev–Trinajstić information content (AvgIpc) is 2.67. The normalized spacial score (nSPS) is 10.9. The number of halogens is 1. The Labute approximate surface area is 177 Å². The molecule has 1 N–H and O–H groups in total. The van der Waals surface area contributed by atoms with Crippen molar-refractivity contribution in [2.24, 2.45) is 0 Å². The molecule has 0 aliphatic rings. The van der Waals surface area contributed by atoms with Gasteiger partial charge < -0.3 is 14.8 Å². The van der Waals surface area contributed by atoms with E-state index in [2.05, 4.69) is 33.0 Å². The zero-order valence-electron chi connectivity index (χ0n) is 17.5. The molecule has 0 radical (unpaired) electrons. The van der Waals surface area contributed by atoms with Crippen LogP contribution in [0.2, 0.25) is 5.02 Å². The van der Waals surface area contributed by atoms with Gasteiger partial charge >= 0.3 is 5.97 Å². The average molecular weight is 418 g/mol. The van der Waals surface area contributed by atoms with Crippen molar-refractivity contribution in [1.82, 2.24) is 0 Å². The van der Waals surface area contributed by atoms with Gasteiger partial charge in [0.05, 0.1) is 0 Å². The molecule has 0 heterocycles.